The van der Waals surface area contributed by atoms with Gasteiger partial charge in [0.15, 0.2) is 10.7 Å². The highest BCUT2D eigenvalue weighted by Crippen LogP contribution is 2.34. The minimum absolute atomic E-state index is 0.0747. The summed E-state index contributed by atoms with van der Waals surface area (Å²) in [4.78, 5) is 31.8. The summed E-state index contributed by atoms with van der Waals surface area (Å²) in [5.74, 6) is -3.74. The summed E-state index contributed by atoms with van der Waals surface area (Å²) >= 11 is 0.945. The maximum atomic E-state index is 15.9. The van der Waals surface area contributed by atoms with Crippen molar-refractivity contribution in [2.45, 2.75) is 83.6 Å². The molecule has 0 saturated heterocycles. The Hall–Kier alpha value is -3.69. The van der Waals surface area contributed by atoms with Gasteiger partial charge < -0.3 is 14.4 Å². The highest BCUT2D eigenvalue weighted by atomic mass is 32.2. The average molecular weight is 697 g/mol. The number of thiazole rings is 1. The van der Waals surface area contributed by atoms with Crippen LogP contribution in [-0.2, 0) is 32.6 Å². The van der Waals surface area contributed by atoms with Crippen molar-refractivity contribution in [3.05, 3.63) is 69.8 Å². The number of nitrogens with zero attached hydrogens (tertiary/aromatic N) is 4. The van der Waals surface area contributed by atoms with Gasteiger partial charge in [-0.2, -0.15) is 0 Å². The molecule has 0 atom stereocenters. The molecule has 0 N–H and O–H groups in total. The first kappa shape index (κ1) is 36.2. The molecule has 0 spiro atoms. The lowest BCUT2D eigenvalue weighted by atomic mass is 10.0. The number of rotatable bonds is 10. The Morgan fingerprint density at radius 3 is 2.06 bits per heavy atom. The lowest BCUT2D eigenvalue weighted by Crippen LogP contribution is -2.42. The van der Waals surface area contributed by atoms with Gasteiger partial charge in [0, 0.05) is 24.0 Å². The first-order valence-corrected chi connectivity index (χ1v) is 17.3. The molecule has 10 nitrogen and oxygen atoms in total. The monoisotopic (exact) mass is 696 g/mol. The summed E-state index contributed by atoms with van der Waals surface area (Å²) in [5.41, 5.74) is -0.756. The number of benzene rings is 2. The summed E-state index contributed by atoms with van der Waals surface area (Å²) in [5, 5.41) is 1.20. The van der Waals surface area contributed by atoms with Crippen LogP contribution >= 0.6 is 11.3 Å². The zero-order chi connectivity index (χ0) is 34.9. The Balaban J connectivity index is 1.78. The van der Waals surface area contributed by atoms with Gasteiger partial charge in [-0.05, 0) is 91.1 Å². The van der Waals surface area contributed by atoms with Gasteiger partial charge in [0.05, 0.1) is 17.7 Å². The zero-order valence-electron chi connectivity index (χ0n) is 27.3. The SMILES string of the molecule is CN(Cc1cccc(F)c1CN(C(=O)OC(C)(C)C)c1cc(F)c(S(=O)(=O)N(C(=O)OC(C)(C)C)c2cscn2)c(F)c1)CC1CC1. The van der Waals surface area contributed by atoms with Crippen LogP contribution in [0.1, 0.15) is 65.5 Å². The van der Waals surface area contributed by atoms with E-state index in [2.05, 4.69) is 4.98 Å². The smallest absolute Gasteiger partial charge is 0.430 e. The number of sulfonamides is 1. The molecule has 0 aliphatic heterocycles. The van der Waals surface area contributed by atoms with E-state index in [9.17, 15) is 18.0 Å². The van der Waals surface area contributed by atoms with Crippen LogP contribution in [-0.4, -0.2) is 55.3 Å². The number of halogens is 3. The summed E-state index contributed by atoms with van der Waals surface area (Å²) in [6.07, 6.45) is -0.241. The van der Waals surface area contributed by atoms with Crippen LogP contribution in [0, 0.1) is 23.4 Å². The van der Waals surface area contributed by atoms with Crippen LogP contribution < -0.4 is 9.21 Å². The van der Waals surface area contributed by atoms with Crippen molar-refractivity contribution >= 4 is 45.1 Å². The molecule has 1 aliphatic carbocycles. The number of carbonyl (C=O) groups excluding carboxylic acids is 2. The number of aromatic nitrogens is 1. The molecule has 1 fully saturated rings. The molecule has 0 radical (unpaired) electrons. The highest BCUT2D eigenvalue weighted by Gasteiger charge is 2.40. The van der Waals surface area contributed by atoms with Crippen molar-refractivity contribution in [3.8, 4) is 0 Å². The van der Waals surface area contributed by atoms with E-state index in [0.29, 0.717) is 30.2 Å². The van der Waals surface area contributed by atoms with Gasteiger partial charge in [-0.15, -0.1) is 15.6 Å². The lowest BCUT2D eigenvalue weighted by molar-refractivity contribution is 0.0573. The van der Waals surface area contributed by atoms with Crippen LogP contribution in [0.25, 0.3) is 0 Å². The molecule has 1 aromatic heterocycles. The molecule has 0 unspecified atom stereocenters. The third-order valence-corrected chi connectivity index (χ3v) is 9.13. The number of carbonyl (C=O) groups is 2. The predicted molar refractivity (Wildman–Crippen MR) is 172 cm³/mol. The normalized spacial score (nSPS) is 13.9. The molecule has 2 aromatic carbocycles. The van der Waals surface area contributed by atoms with E-state index < -0.39 is 73.8 Å². The maximum absolute atomic E-state index is 15.9. The van der Waals surface area contributed by atoms with E-state index in [4.69, 9.17) is 9.47 Å². The number of ether oxygens (including phenoxy) is 2. The number of amides is 2. The number of anilines is 2. The Labute approximate surface area is 277 Å². The van der Waals surface area contributed by atoms with E-state index in [-0.39, 0.29) is 9.87 Å². The second kappa shape index (κ2) is 13.8. The summed E-state index contributed by atoms with van der Waals surface area (Å²) < 4.78 is 85.4. The molecule has 4 rings (SSSR count). The second-order valence-electron chi connectivity index (χ2n) is 13.4. The summed E-state index contributed by atoms with van der Waals surface area (Å²) in [7, 11) is -3.39. The number of hydrogen-bond acceptors (Lipinski definition) is 9. The second-order valence-corrected chi connectivity index (χ2v) is 15.9. The third kappa shape index (κ3) is 9.23. The highest BCUT2D eigenvalue weighted by molar-refractivity contribution is 7.93. The van der Waals surface area contributed by atoms with E-state index in [1.807, 2.05) is 11.9 Å². The molecule has 1 aliphatic rings. The first-order chi connectivity index (χ1) is 21.8. The van der Waals surface area contributed by atoms with Crippen molar-refractivity contribution in [2.75, 3.05) is 22.8 Å². The van der Waals surface area contributed by atoms with Gasteiger partial charge >= 0.3 is 12.2 Å². The lowest BCUT2D eigenvalue weighted by Gasteiger charge is -2.29. The standard InChI is InChI=1S/C32H39F3N4O6S2/c1-31(2,3)44-29(40)38(17-23-21(9-8-10-24(23)33)16-37(7)15-20-11-12-20)22-13-25(34)28(26(35)14-22)47(42,43)39(27-18-46-19-36-27)30(41)45-32(4,5)6/h8-10,13-14,18-20H,11-12,15-17H2,1-7H3. The third-order valence-electron chi connectivity index (χ3n) is 6.83. The van der Waals surface area contributed by atoms with Gasteiger partial charge in [-0.25, -0.2) is 36.2 Å². The first-order valence-electron chi connectivity index (χ1n) is 14.9. The quantitative estimate of drug-likeness (QED) is 0.215. The zero-order valence-corrected chi connectivity index (χ0v) is 29.0. The van der Waals surface area contributed by atoms with Gasteiger partial charge in [-0.3, -0.25) is 4.90 Å². The van der Waals surface area contributed by atoms with Crippen molar-refractivity contribution in [1.29, 1.82) is 0 Å². The number of hydrogen-bond donors (Lipinski definition) is 0. The molecular weight excluding hydrogens is 658 g/mol. The topological polar surface area (TPSA) is 109 Å². The van der Waals surface area contributed by atoms with Gasteiger partial charge in [0.2, 0.25) is 0 Å². The fourth-order valence-electron chi connectivity index (χ4n) is 4.73. The minimum atomic E-state index is -5.29. The molecule has 3 aromatic rings. The van der Waals surface area contributed by atoms with Crippen LogP contribution in [0.3, 0.4) is 0 Å². The fraction of sp³-hybridized carbons (Fsp3) is 0.469. The molecule has 256 valence electrons. The minimum Gasteiger partial charge on any atom is -0.443 e. The molecule has 1 saturated carbocycles. The average Bonchev–Trinajstić information content (AvgIpc) is 3.55. The van der Waals surface area contributed by atoms with Gasteiger partial charge in [0.25, 0.3) is 10.0 Å². The Kier molecular flexibility index (Phi) is 10.6. The van der Waals surface area contributed by atoms with Crippen LogP contribution in [0.15, 0.2) is 46.1 Å². The Bertz CT molecular complexity index is 1700. The largest absolute Gasteiger partial charge is 0.443 e. The fourth-order valence-corrected chi connectivity index (χ4v) is 6.68. The summed E-state index contributed by atoms with van der Waals surface area (Å²) in [6.45, 7) is 9.91. The van der Waals surface area contributed by atoms with Crippen molar-refractivity contribution in [3.63, 3.8) is 0 Å². The van der Waals surface area contributed by atoms with Crippen molar-refractivity contribution < 1.29 is 40.7 Å². The Morgan fingerprint density at radius 2 is 1.53 bits per heavy atom. The molecule has 15 heteroatoms. The molecular formula is C32H39F3N4O6S2. The molecule has 1 heterocycles. The molecule has 2 amide bonds. The Morgan fingerprint density at radius 1 is 0.936 bits per heavy atom. The van der Waals surface area contributed by atoms with Crippen molar-refractivity contribution in [1.82, 2.24) is 9.88 Å². The van der Waals surface area contributed by atoms with E-state index in [1.165, 1.54) is 43.8 Å². The van der Waals surface area contributed by atoms with Crippen LogP contribution in [0.4, 0.5) is 34.3 Å². The van der Waals surface area contributed by atoms with Gasteiger partial charge in [-0.1, -0.05) is 12.1 Å². The van der Waals surface area contributed by atoms with Crippen LogP contribution in [0.2, 0.25) is 0 Å². The van der Waals surface area contributed by atoms with E-state index in [0.717, 1.165) is 35.6 Å². The maximum Gasteiger partial charge on any atom is 0.430 e. The van der Waals surface area contributed by atoms with Crippen LogP contribution in [0.5, 0.6) is 0 Å². The van der Waals surface area contributed by atoms with E-state index in [1.54, 1.807) is 26.8 Å². The van der Waals surface area contributed by atoms with E-state index >= 15 is 13.2 Å². The summed E-state index contributed by atoms with van der Waals surface area (Å²) in [6, 6.07) is 5.69. The molecule has 47 heavy (non-hydrogen) atoms. The molecule has 0 bridgehead atoms. The van der Waals surface area contributed by atoms with Gasteiger partial charge in [0.1, 0.15) is 28.7 Å². The predicted octanol–water partition coefficient (Wildman–Crippen LogP) is 7.47. The van der Waals surface area contributed by atoms with Crippen molar-refractivity contribution in [2.24, 2.45) is 5.92 Å².